The smallest absolute Gasteiger partial charge is 0.191 e. The molecule has 0 aliphatic heterocycles. The number of benzene rings is 1. The molecule has 3 aromatic rings. The zero-order chi connectivity index (χ0) is 21.2. The molecular weight excluding hydrogens is 416 g/mol. The number of nitrogens with one attached hydrogen (secondary N) is 2. The summed E-state index contributed by atoms with van der Waals surface area (Å²) >= 11 is 7.75. The van der Waals surface area contributed by atoms with E-state index in [1.54, 1.807) is 17.7 Å². The summed E-state index contributed by atoms with van der Waals surface area (Å²) in [5, 5.41) is 18.1. The summed E-state index contributed by atoms with van der Waals surface area (Å²) in [5.74, 6) is 1.83. The van der Waals surface area contributed by atoms with Crippen LogP contribution < -0.4 is 10.6 Å². The Morgan fingerprint density at radius 1 is 1.23 bits per heavy atom. The number of guanidine groups is 1. The quantitative estimate of drug-likeness (QED) is 0.357. The van der Waals surface area contributed by atoms with E-state index in [-0.39, 0.29) is 6.04 Å². The summed E-state index contributed by atoms with van der Waals surface area (Å²) in [6.45, 7) is 6.52. The highest BCUT2D eigenvalue weighted by Crippen LogP contribution is 2.21. The van der Waals surface area contributed by atoms with Crippen LogP contribution in [0.15, 0.2) is 53.1 Å². The van der Waals surface area contributed by atoms with Gasteiger partial charge >= 0.3 is 0 Å². The van der Waals surface area contributed by atoms with Crippen LogP contribution in [0.2, 0.25) is 5.02 Å². The van der Waals surface area contributed by atoms with Crippen LogP contribution in [0, 0.1) is 0 Å². The molecule has 0 bridgehead atoms. The normalized spacial score (nSPS) is 12.7. The lowest BCUT2D eigenvalue weighted by molar-refractivity contribution is 0.595. The number of halogens is 1. The lowest BCUT2D eigenvalue weighted by Gasteiger charge is -2.20. The molecule has 0 spiro atoms. The van der Waals surface area contributed by atoms with E-state index in [4.69, 9.17) is 16.6 Å². The van der Waals surface area contributed by atoms with Crippen LogP contribution in [0.5, 0.6) is 0 Å². The van der Waals surface area contributed by atoms with Gasteiger partial charge in [-0.05, 0) is 42.0 Å². The lowest BCUT2D eigenvalue weighted by Crippen LogP contribution is -2.41. The predicted octanol–water partition coefficient (Wildman–Crippen LogP) is 4.48. The first kappa shape index (κ1) is 22.3. The van der Waals surface area contributed by atoms with Gasteiger partial charge in [0.05, 0.1) is 6.04 Å². The van der Waals surface area contributed by atoms with E-state index in [2.05, 4.69) is 68.9 Å². The Balaban J connectivity index is 1.62. The third kappa shape index (κ3) is 6.57. The largest absolute Gasteiger partial charge is 0.355 e. The molecule has 2 N–H and O–H groups in total. The molecule has 0 saturated heterocycles. The molecule has 0 fully saturated rings. The number of hydrogen-bond donors (Lipinski definition) is 2. The molecule has 30 heavy (non-hydrogen) atoms. The van der Waals surface area contributed by atoms with Crippen molar-refractivity contribution >= 4 is 28.9 Å². The summed E-state index contributed by atoms with van der Waals surface area (Å²) in [7, 11) is 0. The number of hydrogen-bond acceptors (Lipinski definition) is 4. The van der Waals surface area contributed by atoms with Gasteiger partial charge in [-0.15, -0.1) is 21.5 Å². The minimum absolute atomic E-state index is 0.243. The Morgan fingerprint density at radius 2 is 2.07 bits per heavy atom. The Bertz CT molecular complexity index is 904. The van der Waals surface area contributed by atoms with E-state index in [1.807, 2.05) is 12.1 Å². The highest BCUT2D eigenvalue weighted by molar-refractivity contribution is 7.10. The van der Waals surface area contributed by atoms with E-state index in [0.29, 0.717) is 6.54 Å². The molecule has 8 heteroatoms. The fourth-order valence-electron chi connectivity index (χ4n) is 3.16. The monoisotopic (exact) mass is 444 g/mol. The lowest BCUT2D eigenvalue weighted by atomic mass is 10.1. The molecule has 6 nitrogen and oxygen atoms in total. The van der Waals surface area contributed by atoms with Crippen LogP contribution in [-0.2, 0) is 19.4 Å². The molecule has 1 aromatic carbocycles. The van der Waals surface area contributed by atoms with Crippen molar-refractivity contribution in [3.8, 4) is 0 Å². The molecule has 0 aliphatic carbocycles. The van der Waals surface area contributed by atoms with Gasteiger partial charge in [0, 0.05) is 36.0 Å². The fraction of sp³-hybridized carbons (Fsp3) is 0.409. The molecule has 0 saturated carbocycles. The maximum absolute atomic E-state index is 5.98. The average Bonchev–Trinajstić information content (AvgIpc) is 3.45. The van der Waals surface area contributed by atoms with Gasteiger partial charge in [-0.25, -0.2) is 0 Å². The van der Waals surface area contributed by atoms with Crippen molar-refractivity contribution in [3.63, 3.8) is 0 Å². The highest BCUT2D eigenvalue weighted by atomic mass is 35.5. The third-order valence-electron chi connectivity index (χ3n) is 4.85. The first-order valence-electron chi connectivity index (χ1n) is 10.4. The number of thiophene rings is 1. The van der Waals surface area contributed by atoms with Gasteiger partial charge in [0.25, 0.3) is 0 Å². The molecule has 3 rings (SSSR count). The Kier molecular flexibility index (Phi) is 8.71. The Morgan fingerprint density at radius 3 is 2.77 bits per heavy atom. The molecule has 0 radical (unpaired) electrons. The van der Waals surface area contributed by atoms with Crippen molar-refractivity contribution in [3.05, 3.63) is 69.4 Å². The zero-order valence-corrected chi connectivity index (χ0v) is 19.1. The van der Waals surface area contributed by atoms with E-state index in [0.717, 1.165) is 49.2 Å². The number of nitrogens with zero attached hydrogens (tertiary/aromatic N) is 4. The molecule has 160 valence electrons. The summed E-state index contributed by atoms with van der Waals surface area (Å²) in [5.41, 5.74) is 1.23. The number of aryl methyl sites for hydroxylation is 1. The van der Waals surface area contributed by atoms with Crippen LogP contribution in [-0.4, -0.2) is 33.8 Å². The highest BCUT2D eigenvalue weighted by Gasteiger charge is 2.12. The standard InChI is InChI=1S/C22H29ClN6S/c1-3-19(20-6-5-15-30-20)27-22(24-12-11-17-7-9-18(23)10-8-17)25-13-14-29-16-26-28-21(29)4-2/h5-10,15-16,19H,3-4,11-14H2,1-2H3,(H2,24,25,27). The van der Waals surface area contributed by atoms with E-state index in [1.165, 1.54) is 10.4 Å². The van der Waals surface area contributed by atoms with Crippen molar-refractivity contribution in [2.45, 2.75) is 45.7 Å². The third-order valence-corrected chi connectivity index (χ3v) is 6.08. The van der Waals surface area contributed by atoms with E-state index < -0.39 is 0 Å². The topological polar surface area (TPSA) is 67.1 Å². The second-order valence-corrected chi connectivity index (χ2v) is 8.36. The molecule has 0 aliphatic rings. The Labute approximate surface area is 187 Å². The summed E-state index contributed by atoms with van der Waals surface area (Å²) in [6.07, 6.45) is 4.51. The van der Waals surface area contributed by atoms with Crippen molar-refractivity contribution in [1.29, 1.82) is 0 Å². The van der Waals surface area contributed by atoms with Crippen molar-refractivity contribution in [2.75, 3.05) is 13.1 Å². The van der Waals surface area contributed by atoms with Crippen LogP contribution >= 0.6 is 22.9 Å². The fourth-order valence-corrected chi connectivity index (χ4v) is 4.15. The summed E-state index contributed by atoms with van der Waals surface area (Å²) in [6, 6.07) is 12.5. The van der Waals surface area contributed by atoms with E-state index >= 15 is 0 Å². The van der Waals surface area contributed by atoms with Crippen LogP contribution in [0.1, 0.15) is 42.6 Å². The molecule has 1 unspecified atom stereocenters. The van der Waals surface area contributed by atoms with E-state index in [9.17, 15) is 0 Å². The molecule has 2 heterocycles. The Hall–Kier alpha value is -2.38. The van der Waals surface area contributed by atoms with Crippen LogP contribution in [0.25, 0.3) is 0 Å². The minimum Gasteiger partial charge on any atom is -0.355 e. The van der Waals surface area contributed by atoms with Gasteiger partial charge in [-0.3, -0.25) is 4.99 Å². The first-order valence-corrected chi connectivity index (χ1v) is 11.6. The first-order chi connectivity index (χ1) is 14.7. The van der Waals surface area contributed by atoms with Gasteiger partial charge in [0.15, 0.2) is 5.96 Å². The van der Waals surface area contributed by atoms with Gasteiger partial charge in [0.1, 0.15) is 12.2 Å². The van der Waals surface area contributed by atoms with Gasteiger partial charge in [-0.1, -0.05) is 43.6 Å². The second kappa shape index (κ2) is 11.7. The predicted molar refractivity (Wildman–Crippen MR) is 125 cm³/mol. The SMILES string of the molecule is CCc1nncn1CCNC(=NCCc1ccc(Cl)cc1)NC(CC)c1cccs1. The molecule has 2 aromatic heterocycles. The van der Waals surface area contributed by atoms with Gasteiger partial charge in [-0.2, -0.15) is 0 Å². The average molecular weight is 445 g/mol. The number of aliphatic imine (C=N–C) groups is 1. The molecule has 0 amide bonds. The van der Waals surface area contributed by atoms with Crippen molar-refractivity contribution in [2.24, 2.45) is 4.99 Å². The molecular formula is C22H29ClN6S. The zero-order valence-electron chi connectivity index (χ0n) is 17.5. The number of aromatic nitrogens is 3. The minimum atomic E-state index is 0.243. The van der Waals surface area contributed by atoms with Gasteiger partial charge in [0.2, 0.25) is 0 Å². The number of rotatable bonds is 10. The van der Waals surface area contributed by atoms with Crippen LogP contribution in [0.4, 0.5) is 0 Å². The summed E-state index contributed by atoms with van der Waals surface area (Å²) < 4.78 is 2.08. The maximum Gasteiger partial charge on any atom is 0.191 e. The van der Waals surface area contributed by atoms with Crippen molar-refractivity contribution < 1.29 is 0 Å². The van der Waals surface area contributed by atoms with Crippen LogP contribution in [0.3, 0.4) is 0 Å². The maximum atomic E-state index is 5.98. The molecule has 1 atom stereocenters. The van der Waals surface area contributed by atoms with Gasteiger partial charge < -0.3 is 15.2 Å². The second-order valence-electron chi connectivity index (χ2n) is 6.95. The van der Waals surface area contributed by atoms with Crippen molar-refractivity contribution in [1.82, 2.24) is 25.4 Å². The summed E-state index contributed by atoms with van der Waals surface area (Å²) in [4.78, 5) is 6.14.